The third kappa shape index (κ3) is 14.1. The van der Waals surface area contributed by atoms with Gasteiger partial charge in [0.1, 0.15) is 7.28 Å². The van der Waals surface area contributed by atoms with Crippen molar-refractivity contribution in [3.05, 3.63) is 6.92 Å². The molecule has 64 valence electrons. The van der Waals surface area contributed by atoms with Crippen molar-refractivity contribution < 1.29 is 32.7 Å². The molecule has 0 atom stereocenters. The molecule has 0 aromatic rings. The molecular weight excluding hydrogens is 208 g/mol. The third-order valence-corrected chi connectivity index (χ3v) is 1.57. The molecular formula is C9H21BY-. The molecule has 0 saturated carbocycles. The van der Waals surface area contributed by atoms with Crippen LogP contribution in [0.3, 0.4) is 0 Å². The Bertz CT molecular complexity index is 29.2. The molecule has 1 rings (SSSR count). The first-order chi connectivity index (χ1) is 4.50. The molecule has 11 heavy (non-hydrogen) atoms. The molecule has 1 fully saturated rings. The maximum atomic E-state index is 3.25. The molecule has 0 aromatic carbocycles. The van der Waals surface area contributed by atoms with E-state index in [1.807, 2.05) is 0 Å². The van der Waals surface area contributed by atoms with Gasteiger partial charge < -0.3 is 6.92 Å². The fraction of sp³-hybridized carbons (Fsp3) is 0.889. The van der Waals surface area contributed by atoms with Crippen LogP contribution in [0.15, 0.2) is 0 Å². The van der Waals surface area contributed by atoms with Crippen molar-refractivity contribution in [2.75, 3.05) is 0 Å². The van der Waals surface area contributed by atoms with Crippen molar-refractivity contribution in [3.8, 4) is 0 Å². The summed E-state index contributed by atoms with van der Waals surface area (Å²) in [5.41, 5.74) is 0. The van der Waals surface area contributed by atoms with Gasteiger partial charge in [0.2, 0.25) is 0 Å². The summed E-state index contributed by atoms with van der Waals surface area (Å²) < 4.78 is 0. The van der Waals surface area contributed by atoms with E-state index in [1.165, 1.54) is 38.3 Å². The Morgan fingerprint density at radius 3 is 1.64 bits per heavy atom. The molecule has 0 unspecified atom stereocenters. The molecule has 0 N–H and O–H groups in total. The summed E-state index contributed by atoms with van der Waals surface area (Å²) in [6, 6.07) is 0. The van der Waals surface area contributed by atoms with Crippen LogP contribution in [0.5, 0.6) is 0 Å². The van der Waals surface area contributed by atoms with Gasteiger partial charge in [-0.15, -0.1) is 0 Å². The van der Waals surface area contributed by atoms with Crippen LogP contribution in [0.4, 0.5) is 0 Å². The fourth-order valence-corrected chi connectivity index (χ4v) is 1.08. The second-order valence-corrected chi connectivity index (χ2v) is 2.28. The van der Waals surface area contributed by atoms with E-state index in [1.54, 1.807) is 6.92 Å². The Labute approximate surface area is 99.0 Å². The van der Waals surface area contributed by atoms with Gasteiger partial charge in [0.15, 0.2) is 0 Å². The van der Waals surface area contributed by atoms with E-state index in [9.17, 15) is 0 Å². The van der Waals surface area contributed by atoms with E-state index in [-0.39, 0.29) is 40.1 Å². The smallest absolute Gasteiger partial charge is 0.109 e. The molecule has 1 saturated heterocycles. The number of rotatable bonds is 0. The van der Waals surface area contributed by atoms with Gasteiger partial charge in [-0.05, 0) is 0 Å². The van der Waals surface area contributed by atoms with Gasteiger partial charge in [0.05, 0.1) is 0 Å². The Kier molecular flexibility index (Phi) is 28.4. The molecule has 1 aliphatic rings. The fourth-order valence-electron chi connectivity index (χ4n) is 1.08. The average molecular weight is 229 g/mol. The van der Waals surface area contributed by atoms with Gasteiger partial charge in [-0.25, -0.2) is 0 Å². The monoisotopic (exact) mass is 229 g/mol. The minimum absolute atomic E-state index is 0. The Morgan fingerprint density at radius 1 is 0.909 bits per heavy atom. The summed E-state index contributed by atoms with van der Waals surface area (Å²) in [5.74, 6) is 0. The van der Waals surface area contributed by atoms with Crippen LogP contribution in [-0.2, 0) is 32.7 Å². The summed E-state index contributed by atoms with van der Waals surface area (Å²) in [6.07, 6.45) is 8.58. The topological polar surface area (TPSA) is 0 Å². The van der Waals surface area contributed by atoms with E-state index < -0.39 is 0 Å². The molecule has 1 aliphatic heterocycles. The first-order valence-electron chi connectivity index (χ1n) is 4.02. The van der Waals surface area contributed by atoms with E-state index >= 15 is 0 Å². The standard InChI is InChI=1S/C6H12B.C2H5.CH4.Y/c1-2-4-6-7-5-3-1;1-2;;/h1-6H2;1H2,2H3;1H4;/q;-1;;. The predicted molar refractivity (Wildman–Crippen MR) is 51.6 cm³/mol. The van der Waals surface area contributed by atoms with Crippen LogP contribution < -0.4 is 0 Å². The molecule has 0 spiro atoms. The van der Waals surface area contributed by atoms with Gasteiger partial charge in [-0.2, -0.15) is 6.92 Å². The van der Waals surface area contributed by atoms with Gasteiger partial charge in [-0.3, -0.25) is 0 Å². The summed E-state index contributed by atoms with van der Waals surface area (Å²) >= 11 is 0. The summed E-state index contributed by atoms with van der Waals surface area (Å²) in [6.45, 7) is 5.00. The Morgan fingerprint density at radius 2 is 1.27 bits per heavy atom. The van der Waals surface area contributed by atoms with Crippen LogP contribution in [-0.4, -0.2) is 7.28 Å². The molecule has 0 aromatic heterocycles. The quantitative estimate of drug-likeness (QED) is 0.440. The average Bonchev–Trinajstić information content (AvgIpc) is 2.21. The minimum Gasteiger partial charge on any atom is -0.346 e. The van der Waals surface area contributed by atoms with Crippen LogP contribution in [0, 0.1) is 6.92 Å². The largest absolute Gasteiger partial charge is 0.346 e. The van der Waals surface area contributed by atoms with Gasteiger partial charge in [-0.1, -0.05) is 45.8 Å². The normalized spacial score (nSPS) is 15.1. The molecule has 0 nitrogen and oxygen atoms in total. The summed E-state index contributed by atoms with van der Waals surface area (Å²) in [7, 11) is 2.42. The SMILES string of the molecule is C.[B]1CCCCCC1.[CH2-]C.[Y]. The van der Waals surface area contributed by atoms with Crippen LogP contribution in [0.2, 0.25) is 12.6 Å². The summed E-state index contributed by atoms with van der Waals surface area (Å²) in [4.78, 5) is 0. The Balaban J connectivity index is -0.000000149. The van der Waals surface area contributed by atoms with Crippen LogP contribution in [0.25, 0.3) is 0 Å². The number of hydrogen-bond acceptors (Lipinski definition) is 0. The zero-order valence-corrected chi connectivity index (χ0v) is 9.94. The van der Waals surface area contributed by atoms with Crippen LogP contribution >= 0.6 is 0 Å². The first kappa shape index (κ1) is 18.1. The first-order valence-corrected chi connectivity index (χ1v) is 4.02. The van der Waals surface area contributed by atoms with Crippen molar-refractivity contribution in [1.29, 1.82) is 0 Å². The van der Waals surface area contributed by atoms with Crippen molar-refractivity contribution in [3.63, 3.8) is 0 Å². The van der Waals surface area contributed by atoms with E-state index in [0.717, 1.165) is 0 Å². The second kappa shape index (κ2) is 17.3. The predicted octanol–water partition coefficient (Wildman–Crippen LogP) is 3.58. The van der Waals surface area contributed by atoms with Crippen molar-refractivity contribution in [2.24, 2.45) is 0 Å². The molecule has 0 amide bonds. The minimum atomic E-state index is 0. The van der Waals surface area contributed by atoms with Crippen molar-refractivity contribution in [2.45, 2.75) is 52.7 Å². The molecule has 2 radical (unpaired) electrons. The van der Waals surface area contributed by atoms with Crippen molar-refractivity contribution in [1.82, 2.24) is 0 Å². The molecule has 0 bridgehead atoms. The van der Waals surface area contributed by atoms with Gasteiger partial charge in [0.25, 0.3) is 0 Å². The molecule has 0 aliphatic carbocycles. The van der Waals surface area contributed by atoms with E-state index in [2.05, 4.69) is 14.2 Å². The number of hydrogen-bond donors (Lipinski definition) is 0. The van der Waals surface area contributed by atoms with E-state index in [0.29, 0.717) is 0 Å². The maximum Gasteiger partial charge on any atom is 0.109 e. The Hall–Kier alpha value is 1.17. The zero-order valence-electron chi connectivity index (χ0n) is 7.10. The van der Waals surface area contributed by atoms with Gasteiger partial charge >= 0.3 is 0 Å². The third-order valence-electron chi connectivity index (χ3n) is 1.57. The summed E-state index contributed by atoms with van der Waals surface area (Å²) in [5, 5.41) is 0. The van der Waals surface area contributed by atoms with Crippen molar-refractivity contribution >= 4 is 7.28 Å². The molecule has 2 heteroatoms. The second-order valence-electron chi connectivity index (χ2n) is 2.28. The molecule has 1 heterocycles. The van der Waals surface area contributed by atoms with Crippen LogP contribution in [0.1, 0.15) is 40.0 Å². The zero-order chi connectivity index (χ0) is 6.95. The van der Waals surface area contributed by atoms with E-state index in [4.69, 9.17) is 0 Å². The maximum absolute atomic E-state index is 3.25. The van der Waals surface area contributed by atoms with Gasteiger partial charge in [0, 0.05) is 32.7 Å².